The van der Waals surface area contributed by atoms with Gasteiger partial charge in [0.15, 0.2) is 0 Å². The molecule has 0 radical (unpaired) electrons. The van der Waals surface area contributed by atoms with E-state index >= 15 is 0 Å². The topological polar surface area (TPSA) is 43.9 Å². The van der Waals surface area contributed by atoms with Crippen LogP contribution in [0.4, 0.5) is 23.7 Å². The molecule has 1 heterocycles. The van der Waals surface area contributed by atoms with Crippen molar-refractivity contribution in [1.82, 2.24) is 9.80 Å². The van der Waals surface area contributed by atoms with Crippen molar-refractivity contribution in [3.05, 3.63) is 41.7 Å². The molecule has 3 amide bonds. The van der Waals surface area contributed by atoms with Crippen LogP contribution in [0.15, 0.2) is 36.2 Å². The Morgan fingerprint density at radius 1 is 1.18 bits per heavy atom. The second-order valence-electron chi connectivity index (χ2n) is 5.01. The normalized spacial score (nSPS) is 17.6. The molecule has 5 nitrogen and oxygen atoms in total. The number of hydrogen-bond acceptors (Lipinski definition) is 3. The summed E-state index contributed by atoms with van der Waals surface area (Å²) in [6, 6.07) is 3.42. The number of benzene rings is 1. The largest absolute Gasteiger partial charge is 0.416 e. The number of carbonyl (C=O) groups is 2. The molecule has 0 unspecified atom stereocenters. The number of halogens is 3. The van der Waals surface area contributed by atoms with Crippen LogP contribution in [0, 0.1) is 0 Å². The summed E-state index contributed by atoms with van der Waals surface area (Å²) >= 11 is 0. The third-order valence-electron chi connectivity index (χ3n) is 3.07. The van der Waals surface area contributed by atoms with Gasteiger partial charge in [-0.15, -0.1) is 0 Å². The van der Waals surface area contributed by atoms with Gasteiger partial charge in [-0.3, -0.25) is 9.69 Å². The number of rotatable bonds is 2. The predicted octanol–water partition coefficient (Wildman–Crippen LogP) is 2.51. The predicted molar refractivity (Wildman–Crippen MR) is 73.9 cm³/mol. The molecule has 1 aliphatic heterocycles. The van der Waals surface area contributed by atoms with Gasteiger partial charge in [-0.05, 0) is 18.2 Å². The highest BCUT2D eigenvalue weighted by Gasteiger charge is 2.41. The van der Waals surface area contributed by atoms with Crippen LogP contribution in [-0.4, -0.2) is 42.9 Å². The highest BCUT2D eigenvalue weighted by molar-refractivity contribution is 6.26. The smallest absolute Gasteiger partial charge is 0.382 e. The lowest BCUT2D eigenvalue weighted by atomic mass is 10.2. The van der Waals surface area contributed by atoms with Crippen LogP contribution in [0.5, 0.6) is 0 Å². The minimum absolute atomic E-state index is 0.0902. The van der Waals surface area contributed by atoms with Crippen molar-refractivity contribution in [1.29, 1.82) is 0 Å². The fourth-order valence-corrected chi connectivity index (χ4v) is 2.03. The van der Waals surface area contributed by atoms with Crippen LogP contribution in [-0.2, 0) is 11.0 Å². The standard InChI is InChI=1S/C14H14F3N3O2/c1-18(2)8-11-12(21)20(13(22)19(11)3)10-6-4-5-9(7-10)14(15,16)17/h4-8H,1-3H3. The first-order chi connectivity index (χ1) is 10.1. The van der Waals surface area contributed by atoms with E-state index in [0.717, 1.165) is 28.0 Å². The number of nitrogens with zero attached hydrogens (tertiary/aromatic N) is 3. The molecule has 118 valence electrons. The molecule has 22 heavy (non-hydrogen) atoms. The van der Waals surface area contributed by atoms with Crippen molar-refractivity contribution in [2.24, 2.45) is 0 Å². The van der Waals surface area contributed by atoms with Crippen molar-refractivity contribution in [3.8, 4) is 0 Å². The van der Waals surface area contributed by atoms with E-state index in [1.807, 2.05) is 0 Å². The minimum Gasteiger partial charge on any atom is -0.382 e. The zero-order valence-corrected chi connectivity index (χ0v) is 12.2. The lowest BCUT2D eigenvalue weighted by Gasteiger charge is -2.15. The van der Waals surface area contributed by atoms with Crippen molar-refractivity contribution in [2.75, 3.05) is 26.0 Å². The lowest BCUT2D eigenvalue weighted by molar-refractivity contribution is -0.137. The first-order valence-electron chi connectivity index (χ1n) is 6.30. The van der Waals surface area contributed by atoms with E-state index in [2.05, 4.69) is 0 Å². The molecule has 1 aromatic carbocycles. The number of amides is 3. The summed E-state index contributed by atoms with van der Waals surface area (Å²) in [6.45, 7) is 0. The van der Waals surface area contributed by atoms with Gasteiger partial charge in [0.1, 0.15) is 5.70 Å². The molecular formula is C14H14F3N3O2. The Labute approximate surface area is 125 Å². The fraction of sp³-hybridized carbons (Fsp3) is 0.286. The van der Waals surface area contributed by atoms with E-state index in [1.165, 1.54) is 19.3 Å². The number of anilines is 1. The molecule has 1 aliphatic rings. The molecule has 0 aromatic heterocycles. The first kappa shape index (κ1) is 15.9. The molecule has 1 fully saturated rings. The SMILES string of the molecule is CN(C)C=C1C(=O)N(c2cccc(C(F)(F)F)c2)C(=O)N1C. The molecule has 0 spiro atoms. The van der Waals surface area contributed by atoms with Crippen LogP contribution in [0.3, 0.4) is 0 Å². The Hall–Kier alpha value is -2.51. The van der Waals surface area contributed by atoms with E-state index in [-0.39, 0.29) is 11.4 Å². The monoisotopic (exact) mass is 313 g/mol. The number of carbonyl (C=O) groups excluding carboxylic acids is 2. The molecule has 2 rings (SSSR count). The molecule has 1 aromatic rings. The number of urea groups is 1. The first-order valence-corrected chi connectivity index (χ1v) is 6.30. The molecular weight excluding hydrogens is 299 g/mol. The second-order valence-corrected chi connectivity index (χ2v) is 5.01. The van der Waals surface area contributed by atoms with E-state index in [0.29, 0.717) is 0 Å². The van der Waals surface area contributed by atoms with Crippen LogP contribution >= 0.6 is 0 Å². The maximum Gasteiger partial charge on any atom is 0.416 e. The average molecular weight is 313 g/mol. The summed E-state index contributed by atoms with van der Waals surface area (Å²) < 4.78 is 38.3. The van der Waals surface area contributed by atoms with Crippen LogP contribution in [0.1, 0.15) is 5.56 Å². The average Bonchev–Trinajstić information content (AvgIpc) is 2.62. The molecule has 0 bridgehead atoms. The van der Waals surface area contributed by atoms with Gasteiger partial charge >= 0.3 is 12.2 Å². The van der Waals surface area contributed by atoms with Gasteiger partial charge in [0.05, 0.1) is 11.3 Å². The van der Waals surface area contributed by atoms with Gasteiger partial charge in [0.25, 0.3) is 5.91 Å². The number of hydrogen-bond donors (Lipinski definition) is 0. The van der Waals surface area contributed by atoms with Crippen molar-refractivity contribution >= 4 is 17.6 Å². The van der Waals surface area contributed by atoms with Gasteiger partial charge in [-0.25, -0.2) is 9.69 Å². The highest BCUT2D eigenvalue weighted by Crippen LogP contribution is 2.33. The summed E-state index contributed by atoms with van der Waals surface area (Å²) in [5.41, 5.74) is -0.940. The van der Waals surface area contributed by atoms with E-state index < -0.39 is 23.7 Å². The number of alkyl halides is 3. The van der Waals surface area contributed by atoms with Gasteiger partial charge in [-0.2, -0.15) is 13.2 Å². The Morgan fingerprint density at radius 2 is 1.82 bits per heavy atom. The number of likely N-dealkylation sites (N-methyl/N-ethyl adjacent to an activating group) is 1. The maximum absolute atomic E-state index is 12.8. The van der Waals surface area contributed by atoms with Crippen LogP contribution in [0.25, 0.3) is 0 Å². The van der Waals surface area contributed by atoms with E-state index in [9.17, 15) is 22.8 Å². The summed E-state index contributed by atoms with van der Waals surface area (Å²) in [4.78, 5) is 27.9. The zero-order chi connectivity index (χ0) is 16.7. The Balaban J connectivity index is 2.46. The van der Waals surface area contributed by atoms with Crippen molar-refractivity contribution in [3.63, 3.8) is 0 Å². The molecule has 1 saturated heterocycles. The van der Waals surface area contributed by atoms with Gasteiger partial charge < -0.3 is 4.90 Å². The van der Waals surface area contributed by atoms with Crippen molar-refractivity contribution < 1.29 is 22.8 Å². The van der Waals surface area contributed by atoms with E-state index in [1.54, 1.807) is 19.0 Å². The summed E-state index contributed by atoms with van der Waals surface area (Å²) in [6.07, 6.45) is -3.11. The van der Waals surface area contributed by atoms with Crippen LogP contribution < -0.4 is 4.90 Å². The van der Waals surface area contributed by atoms with Gasteiger partial charge in [0, 0.05) is 27.3 Å². The lowest BCUT2D eigenvalue weighted by Crippen LogP contribution is -2.31. The third kappa shape index (κ3) is 2.76. The molecule has 0 atom stereocenters. The molecule has 0 N–H and O–H groups in total. The Morgan fingerprint density at radius 3 is 2.36 bits per heavy atom. The molecule has 0 saturated carbocycles. The van der Waals surface area contributed by atoms with Crippen LogP contribution in [0.2, 0.25) is 0 Å². The zero-order valence-electron chi connectivity index (χ0n) is 12.2. The Bertz CT molecular complexity index is 653. The highest BCUT2D eigenvalue weighted by atomic mass is 19.4. The second kappa shape index (κ2) is 5.36. The summed E-state index contributed by atoms with van der Waals surface area (Å²) in [7, 11) is 4.74. The van der Waals surface area contributed by atoms with Gasteiger partial charge in [-0.1, -0.05) is 6.07 Å². The van der Waals surface area contributed by atoms with E-state index in [4.69, 9.17) is 0 Å². The van der Waals surface area contributed by atoms with Crippen molar-refractivity contribution in [2.45, 2.75) is 6.18 Å². The summed E-state index contributed by atoms with van der Waals surface area (Å²) in [5.74, 6) is -0.666. The fourth-order valence-electron chi connectivity index (χ4n) is 2.03. The maximum atomic E-state index is 12.8. The minimum atomic E-state index is -4.55. The Kier molecular flexibility index (Phi) is 3.87. The third-order valence-corrected chi connectivity index (χ3v) is 3.07. The molecule has 8 heteroatoms. The molecule has 0 aliphatic carbocycles. The number of imide groups is 1. The van der Waals surface area contributed by atoms with Gasteiger partial charge in [0.2, 0.25) is 0 Å². The quantitative estimate of drug-likeness (QED) is 0.622. The summed E-state index contributed by atoms with van der Waals surface area (Å²) in [5, 5.41) is 0.